The van der Waals surface area contributed by atoms with Gasteiger partial charge in [-0.2, -0.15) is 0 Å². The zero-order chi connectivity index (χ0) is 19.1. The highest BCUT2D eigenvalue weighted by Crippen LogP contribution is 2.30. The summed E-state index contributed by atoms with van der Waals surface area (Å²) in [6.45, 7) is 3.77. The summed E-state index contributed by atoms with van der Waals surface area (Å²) in [7, 11) is -3.67. The average molecular weight is 393 g/mol. The van der Waals surface area contributed by atoms with E-state index in [0.717, 1.165) is 15.4 Å². The molecule has 0 unspecified atom stereocenters. The summed E-state index contributed by atoms with van der Waals surface area (Å²) in [4.78, 5) is 24.4. The average Bonchev–Trinajstić information content (AvgIpc) is 2.84. The van der Waals surface area contributed by atoms with Gasteiger partial charge in [0.25, 0.3) is 5.91 Å². The lowest BCUT2D eigenvalue weighted by Crippen LogP contribution is -2.29. The summed E-state index contributed by atoms with van der Waals surface area (Å²) in [5.74, 6) is -1.14. The largest absolute Gasteiger partial charge is 0.321 e. The number of benzene rings is 2. The van der Waals surface area contributed by atoms with E-state index in [0.29, 0.717) is 5.69 Å². The number of halogens is 1. The number of para-hydroxylation sites is 1. The third kappa shape index (κ3) is 3.32. The van der Waals surface area contributed by atoms with Gasteiger partial charge in [0, 0.05) is 12.1 Å². The minimum Gasteiger partial charge on any atom is -0.321 e. The van der Waals surface area contributed by atoms with Crippen LogP contribution in [0.5, 0.6) is 0 Å². The number of anilines is 2. The van der Waals surface area contributed by atoms with Gasteiger partial charge in [-0.25, -0.2) is 12.7 Å². The van der Waals surface area contributed by atoms with Gasteiger partial charge in [-0.15, -0.1) is 0 Å². The van der Waals surface area contributed by atoms with Crippen LogP contribution < -0.4 is 9.62 Å². The second-order valence-electron chi connectivity index (χ2n) is 6.11. The number of aryl methyl sites for hydroxylation is 2. The lowest BCUT2D eigenvalue weighted by Gasteiger charge is -2.17. The highest BCUT2D eigenvalue weighted by molar-refractivity contribution is 7.94. The molecule has 2 aromatic carbocycles. The van der Waals surface area contributed by atoms with Crippen molar-refractivity contribution < 1.29 is 18.0 Å². The van der Waals surface area contributed by atoms with E-state index in [1.165, 1.54) is 18.2 Å². The van der Waals surface area contributed by atoms with Gasteiger partial charge in [0.2, 0.25) is 15.9 Å². The molecule has 0 radical (unpaired) electrons. The summed E-state index contributed by atoms with van der Waals surface area (Å²) < 4.78 is 24.7. The third-order valence-electron chi connectivity index (χ3n) is 4.23. The lowest BCUT2D eigenvalue weighted by molar-refractivity contribution is -0.116. The Morgan fingerprint density at radius 3 is 2.35 bits per heavy atom. The van der Waals surface area contributed by atoms with Crippen molar-refractivity contribution in [2.24, 2.45) is 0 Å². The van der Waals surface area contributed by atoms with E-state index in [2.05, 4.69) is 5.32 Å². The first kappa shape index (κ1) is 18.4. The fraction of sp³-hybridized carbons (Fsp3) is 0.222. The topological polar surface area (TPSA) is 83.6 Å². The zero-order valence-corrected chi connectivity index (χ0v) is 15.8. The first-order chi connectivity index (χ1) is 12.2. The molecule has 1 aliphatic heterocycles. The number of carbonyl (C=O) groups excluding carboxylic acids is 2. The minimum absolute atomic E-state index is 0.0608. The molecule has 0 saturated carbocycles. The molecule has 1 N–H and O–H groups in total. The Kier molecular flexibility index (Phi) is 4.77. The van der Waals surface area contributed by atoms with Gasteiger partial charge in [-0.05, 0) is 43.2 Å². The SMILES string of the molecule is Cc1cccc(C)c1NC(=O)c1ccc(N2C(=O)CCS2(=O)=O)cc1Cl. The molecule has 1 aliphatic rings. The molecular formula is C18H17ClN2O4S. The molecule has 0 bridgehead atoms. The standard InChI is InChI=1S/C18H17ClN2O4S/c1-11-4-3-5-12(2)17(11)20-18(23)14-7-6-13(10-15(14)19)21-16(22)8-9-26(21,24)25/h3-7,10H,8-9H2,1-2H3,(H,20,23). The molecule has 6 nitrogen and oxygen atoms in total. The molecule has 2 amide bonds. The van der Waals surface area contributed by atoms with Crippen LogP contribution in [-0.2, 0) is 14.8 Å². The van der Waals surface area contributed by atoms with Crippen LogP contribution in [0.4, 0.5) is 11.4 Å². The molecule has 2 aromatic rings. The number of hydrogen-bond acceptors (Lipinski definition) is 4. The number of sulfonamides is 1. The second-order valence-corrected chi connectivity index (χ2v) is 8.45. The van der Waals surface area contributed by atoms with Gasteiger partial charge < -0.3 is 5.32 Å². The van der Waals surface area contributed by atoms with Gasteiger partial charge in [0.1, 0.15) is 0 Å². The molecule has 1 saturated heterocycles. The fourth-order valence-electron chi connectivity index (χ4n) is 2.88. The lowest BCUT2D eigenvalue weighted by atomic mass is 10.1. The van der Waals surface area contributed by atoms with Crippen molar-refractivity contribution in [3.05, 3.63) is 58.1 Å². The van der Waals surface area contributed by atoms with Crippen molar-refractivity contribution in [1.82, 2.24) is 0 Å². The van der Waals surface area contributed by atoms with E-state index >= 15 is 0 Å². The molecular weight excluding hydrogens is 376 g/mol. The van der Waals surface area contributed by atoms with E-state index in [1.54, 1.807) is 0 Å². The maximum absolute atomic E-state index is 12.6. The maximum Gasteiger partial charge on any atom is 0.257 e. The molecule has 0 spiro atoms. The van der Waals surface area contributed by atoms with Gasteiger partial charge in [-0.3, -0.25) is 9.59 Å². The van der Waals surface area contributed by atoms with Gasteiger partial charge in [0.05, 0.1) is 22.0 Å². The molecule has 0 aromatic heterocycles. The van der Waals surface area contributed by atoms with Crippen LogP contribution in [0.15, 0.2) is 36.4 Å². The first-order valence-corrected chi connectivity index (χ1v) is 9.92. The van der Waals surface area contributed by atoms with Crippen LogP contribution in [0.1, 0.15) is 27.9 Å². The van der Waals surface area contributed by atoms with Crippen LogP contribution in [0.2, 0.25) is 5.02 Å². The monoisotopic (exact) mass is 392 g/mol. The van der Waals surface area contributed by atoms with Crippen molar-refractivity contribution in [2.45, 2.75) is 20.3 Å². The summed E-state index contributed by atoms with van der Waals surface area (Å²) in [5.41, 5.74) is 2.87. The van der Waals surface area contributed by atoms with Gasteiger partial charge in [0.15, 0.2) is 0 Å². The van der Waals surface area contributed by atoms with Crippen molar-refractivity contribution in [3.63, 3.8) is 0 Å². The van der Waals surface area contributed by atoms with Crippen LogP contribution >= 0.6 is 11.6 Å². The normalized spacial score (nSPS) is 16.0. The molecule has 0 atom stereocenters. The molecule has 0 aliphatic carbocycles. The number of rotatable bonds is 3. The summed E-state index contributed by atoms with van der Waals surface area (Å²) in [6, 6.07) is 9.82. The molecule has 3 rings (SSSR count). The van der Waals surface area contributed by atoms with E-state index < -0.39 is 21.8 Å². The predicted octanol–water partition coefficient (Wildman–Crippen LogP) is 3.28. The Morgan fingerprint density at radius 2 is 1.81 bits per heavy atom. The summed E-state index contributed by atoms with van der Waals surface area (Å²) >= 11 is 6.20. The highest BCUT2D eigenvalue weighted by Gasteiger charge is 2.36. The maximum atomic E-state index is 12.6. The van der Waals surface area contributed by atoms with Crippen LogP contribution in [0.3, 0.4) is 0 Å². The third-order valence-corrected chi connectivity index (χ3v) is 6.23. The van der Waals surface area contributed by atoms with Crippen LogP contribution in [-0.4, -0.2) is 26.0 Å². The van der Waals surface area contributed by atoms with Crippen molar-refractivity contribution in [1.29, 1.82) is 0 Å². The van der Waals surface area contributed by atoms with Crippen LogP contribution in [0, 0.1) is 13.8 Å². The zero-order valence-electron chi connectivity index (χ0n) is 14.2. The summed E-state index contributed by atoms with van der Waals surface area (Å²) in [6.07, 6.45) is -0.0608. The molecule has 26 heavy (non-hydrogen) atoms. The quantitative estimate of drug-likeness (QED) is 0.868. The molecule has 1 heterocycles. The molecule has 1 fully saturated rings. The van der Waals surface area contributed by atoms with Gasteiger partial charge in [-0.1, -0.05) is 29.8 Å². The molecule has 136 valence electrons. The Hall–Kier alpha value is -2.38. The molecule has 8 heteroatoms. The smallest absolute Gasteiger partial charge is 0.257 e. The van der Waals surface area contributed by atoms with Gasteiger partial charge >= 0.3 is 0 Å². The summed E-state index contributed by atoms with van der Waals surface area (Å²) in [5, 5.41) is 2.90. The van der Waals surface area contributed by atoms with Crippen molar-refractivity contribution in [2.75, 3.05) is 15.4 Å². The highest BCUT2D eigenvalue weighted by atomic mass is 35.5. The van der Waals surface area contributed by atoms with Crippen molar-refractivity contribution >= 4 is 44.8 Å². The number of amides is 2. The number of nitrogens with zero attached hydrogens (tertiary/aromatic N) is 1. The Bertz CT molecular complexity index is 998. The Balaban J connectivity index is 1.91. The number of nitrogens with one attached hydrogen (secondary N) is 1. The first-order valence-electron chi connectivity index (χ1n) is 7.93. The van der Waals surface area contributed by atoms with E-state index in [1.807, 2.05) is 32.0 Å². The minimum atomic E-state index is -3.67. The van der Waals surface area contributed by atoms with Crippen LogP contribution in [0.25, 0.3) is 0 Å². The Labute approximate surface area is 156 Å². The van der Waals surface area contributed by atoms with E-state index in [4.69, 9.17) is 11.6 Å². The van der Waals surface area contributed by atoms with Crippen molar-refractivity contribution in [3.8, 4) is 0 Å². The predicted molar refractivity (Wildman–Crippen MR) is 101 cm³/mol. The Morgan fingerprint density at radius 1 is 1.15 bits per heavy atom. The number of hydrogen-bond donors (Lipinski definition) is 1. The van der Waals surface area contributed by atoms with E-state index in [9.17, 15) is 18.0 Å². The fourth-order valence-corrected chi connectivity index (χ4v) is 4.59. The number of carbonyl (C=O) groups is 2. The van der Waals surface area contributed by atoms with E-state index in [-0.39, 0.29) is 28.4 Å². The second kappa shape index (κ2) is 6.74.